The highest BCUT2D eigenvalue weighted by Gasteiger charge is 2.37. The van der Waals surface area contributed by atoms with Gasteiger partial charge in [-0.3, -0.25) is 19.5 Å². The summed E-state index contributed by atoms with van der Waals surface area (Å²) in [5, 5.41) is 2.93. The van der Waals surface area contributed by atoms with Gasteiger partial charge in [-0.05, 0) is 42.0 Å². The number of amides is 2. The molecular formula is C26H23N3O4. The average molecular weight is 441 g/mol. The van der Waals surface area contributed by atoms with Gasteiger partial charge in [0.1, 0.15) is 17.2 Å². The van der Waals surface area contributed by atoms with Crippen LogP contribution in [0.1, 0.15) is 27.9 Å². The van der Waals surface area contributed by atoms with E-state index in [1.807, 2.05) is 30.3 Å². The Balaban J connectivity index is 1.78. The molecule has 33 heavy (non-hydrogen) atoms. The van der Waals surface area contributed by atoms with Gasteiger partial charge in [0.25, 0.3) is 11.8 Å². The zero-order valence-electron chi connectivity index (χ0n) is 18.0. The van der Waals surface area contributed by atoms with Gasteiger partial charge in [-0.1, -0.05) is 48.5 Å². The first kappa shape index (κ1) is 21.8. The molecule has 1 unspecified atom stereocenters. The lowest BCUT2D eigenvalue weighted by molar-refractivity contribution is -0.123. The Kier molecular flexibility index (Phi) is 6.80. The molecule has 0 spiro atoms. The SMILES string of the molecule is COc1ccccc1N(C(=O)c1ccccn1)C(C(=O)NCc1ccccc1)c1ccco1. The summed E-state index contributed by atoms with van der Waals surface area (Å²) in [6.45, 7) is 0.300. The smallest absolute Gasteiger partial charge is 0.278 e. The maximum absolute atomic E-state index is 13.7. The van der Waals surface area contributed by atoms with Crippen molar-refractivity contribution in [3.05, 3.63) is 114 Å². The van der Waals surface area contributed by atoms with Crippen LogP contribution in [0.25, 0.3) is 0 Å². The van der Waals surface area contributed by atoms with Crippen LogP contribution >= 0.6 is 0 Å². The number of hydrogen-bond donors (Lipinski definition) is 1. The van der Waals surface area contributed by atoms with E-state index in [2.05, 4.69) is 10.3 Å². The van der Waals surface area contributed by atoms with Gasteiger partial charge in [-0.25, -0.2) is 0 Å². The number of methoxy groups -OCH3 is 1. The Hall–Kier alpha value is -4.39. The largest absolute Gasteiger partial charge is 0.495 e. The highest BCUT2D eigenvalue weighted by Crippen LogP contribution is 2.36. The van der Waals surface area contributed by atoms with E-state index in [1.165, 1.54) is 24.5 Å². The minimum atomic E-state index is -1.09. The van der Waals surface area contributed by atoms with E-state index in [4.69, 9.17) is 9.15 Å². The van der Waals surface area contributed by atoms with Gasteiger partial charge < -0.3 is 14.5 Å². The number of nitrogens with one attached hydrogen (secondary N) is 1. The first-order valence-electron chi connectivity index (χ1n) is 10.4. The van der Waals surface area contributed by atoms with Gasteiger partial charge in [-0.2, -0.15) is 0 Å². The van der Waals surface area contributed by atoms with Crippen molar-refractivity contribution < 1.29 is 18.7 Å². The fourth-order valence-corrected chi connectivity index (χ4v) is 3.51. The molecular weight excluding hydrogens is 418 g/mol. The highest BCUT2D eigenvalue weighted by molar-refractivity contribution is 6.09. The van der Waals surface area contributed by atoms with Crippen molar-refractivity contribution in [2.45, 2.75) is 12.6 Å². The zero-order chi connectivity index (χ0) is 23.0. The van der Waals surface area contributed by atoms with Crippen LogP contribution in [-0.2, 0) is 11.3 Å². The number of rotatable bonds is 8. The molecule has 4 rings (SSSR count). The van der Waals surface area contributed by atoms with Gasteiger partial charge in [0.15, 0.2) is 6.04 Å². The Labute approximate surface area is 191 Å². The maximum Gasteiger partial charge on any atom is 0.278 e. The molecule has 7 heteroatoms. The topological polar surface area (TPSA) is 84.7 Å². The quantitative estimate of drug-likeness (QED) is 0.438. The molecule has 0 saturated heterocycles. The van der Waals surface area contributed by atoms with Crippen LogP contribution < -0.4 is 15.0 Å². The third kappa shape index (κ3) is 4.93. The lowest BCUT2D eigenvalue weighted by Crippen LogP contribution is -2.44. The lowest BCUT2D eigenvalue weighted by atomic mass is 10.1. The third-order valence-corrected chi connectivity index (χ3v) is 5.08. The summed E-state index contributed by atoms with van der Waals surface area (Å²) in [4.78, 5) is 32.8. The summed E-state index contributed by atoms with van der Waals surface area (Å²) in [5.74, 6) is -0.106. The molecule has 2 aromatic carbocycles. The van der Waals surface area contributed by atoms with Crippen molar-refractivity contribution in [2.75, 3.05) is 12.0 Å². The third-order valence-electron chi connectivity index (χ3n) is 5.08. The number of hydrogen-bond acceptors (Lipinski definition) is 5. The molecule has 4 aromatic rings. The van der Waals surface area contributed by atoms with E-state index in [1.54, 1.807) is 54.6 Å². The Bertz CT molecular complexity index is 1190. The van der Waals surface area contributed by atoms with E-state index in [-0.39, 0.29) is 5.69 Å². The molecule has 0 bridgehead atoms. The van der Waals surface area contributed by atoms with Crippen LogP contribution in [0.15, 0.2) is 102 Å². The van der Waals surface area contributed by atoms with E-state index >= 15 is 0 Å². The van der Waals surface area contributed by atoms with E-state index in [0.717, 1.165) is 5.56 Å². The zero-order valence-corrected chi connectivity index (χ0v) is 18.0. The van der Waals surface area contributed by atoms with Crippen LogP contribution in [0.4, 0.5) is 5.69 Å². The number of ether oxygens (including phenoxy) is 1. The molecule has 0 aliphatic rings. The second-order valence-electron chi connectivity index (χ2n) is 7.18. The Morgan fingerprint density at radius 3 is 2.42 bits per heavy atom. The fraction of sp³-hybridized carbons (Fsp3) is 0.115. The second kappa shape index (κ2) is 10.3. The fourth-order valence-electron chi connectivity index (χ4n) is 3.51. The summed E-state index contributed by atoms with van der Waals surface area (Å²) < 4.78 is 11.1. The van der Waals surface area contributed by atoms with Crippen molar-refractivity contribution in [3.8, 4) is 5.75 Å². The lowest BCUT2D eigenvalue weighted by Gasteiger charge is -2.30. The van der Waals surface area contributed by atoms with Crippen molar-refractivity contribution in [1.82, 2.24) is 10.3 Å². The number of carbonyl (C=O) groups is 2. The molecule has 0 saturated carbocycles. The van der Waals surface area contributed by atoms with E-state index in [0.29, 0.717) is 23.7 Å². The van der Waals surface area contributed by atoms with Crippen LogP contribution in [0.5, 0.6) is 5.75 Å². The standard InChI is InChI=1S/C26H23N3O4/c1-32-22-14-6-5-13-21(22)29(26(31)20-12-7-8-16-27-20)24(23-15-9-17-33-23)25(30)28-18-19-10-3-2-4-11-19/h2-17,24H,18H2,1H3,(H,28,30). The molecule has 2 amide bonds. The van der Waals surface area contributed by atoms with E-state index in [9.17, 15) is 9.59 Å². The molecule has 0 aliphatic heterocycles. The maximum atomic E-state index is 13.7. The second-order valence-corrected chi connectivity index (χ2v) is 7.18. The normalized spacial score (nSPS) is 11.4. The summed E-state index contributed by atoms with van der Waals surface area (Å²) in [6, 6.07) is 23.9. The summed E-state index contributed by atoms with van der Waals surface area (Å²) >= 11 is 0. The van der Waals surface area contributed by atoms with Crippen LogP contribution in [-0.4, -0.2) is 23.9 Å². The summed E-state index contributed by atoms with van der Waals surface area (Å²) in [7, 11) is 1.51. The van der Waals surface area contributed by atoms with Crippen molar-refractivity contribution in [1.29, 1.82) is 0 Å². The number of aromatic nitrogens is 1. The highest BCUT2D eigenvalue weighted by atomic mass is 16.5. The number of furan rings is 1. The molecule has 0 aliphatic carbocycles. The first-order valence-corrected chi connectivity index (χ1v) is 10.4. The number of benzene rings is 2. The van der Waals surface area contributed by atoms with Crippen molar-refractivity contribution in [3.63, 3.8) is 0 Å². The monoisotopic (exact) mass is 441 g/mol. The number of nitrogens with zero attached hydrogens (tertiary/aromatic N) is 2. The molecule has 2 aromatic heterocycles. The minimum Gasteiger partial charge on any atom is -0.495 e. The van der Waals surface area contributed by atoms with E-state index < -0.39 is 17.9 Å². The van der Waals surface area contributed by atoms with Crippen LogP contribution in [0.3, 0.4) is 0 Å². The van der Waals surface area contributed by atoms with Crippen LogP contribution in [0, 0.1) is 0 Å². The predicted octanol–water partition coefficient (Wildman–Crippen LogP) is 4.39. The Morgan fingerprint density at radius 2 is 1.73 bits per heavy atom. The Morgan fingerprint density at radius 1 is 0.970 bits per heavy atom. The summed E-state index contributed by atoms with van der Waals surface area (Å²) in [6.07, 6.45) is 3.00. The predicted molar refractivity (Wildman–Crippen MR) is 124 cm³/mol. The van der Waals surface area contributed by atoms with Gasteiger partial charge in [0.2, 0.25) is 0 Å². The summed E-state index contributed by atoms with van der Waals surface area (Å²) in [5.41, 5.74) is 1.55. The van der Waals surface area contributed by atoms with Gasteiger partial charge in [-0.15, -0.1) is 0 Å². The molecule has 166 valence electrons. The number of carbonyl (C=O) groups excluding carboxylic acids is 2. The van der Waals surface area contributed by atoms with Crippen molar-refractivity contribution in [2.24, 2.45) is 0 Å². The molecule has 0 radical (unpaired) electrons. The van der Waals surface area contributed by atoms with Gasteiger partial charge in [0.05, 0.1) is 19.1 Å². The first-order chi connectivity index (χ1) is 16.2. The number of para-hydroxylation sites is 2. The molecule has 7 nitrogen and oxygen atoms in total. The average Bonchev–Trinajstić information content (AvgIpc) is 3.41. The van der Waals surface area contributed by atoms with Gasteiger partial charge in [0, 0.05) is 12.7 Å². The minimum absolute atomic E-state index is 0.191. The van der Waals surface area contributed by atoms with Crippen LogP contribution in [0.2, 0.25) is 0 Å². The van der Waals surface area contributed by atoms with Crippen molar-refractivity contribution >= 4 is 17.5 Å². The van der Waals surface area contributed by atoms with Gasteiger partial charge >= 0.3 is 0 Å². The molecule has 1 atom stereocenters. The number of anilines is 1. The molecule has 1 N–H and O–H groups in total. The molecule has 2 heterocycles. The number of pyridine rings is 1. The molecule has 0 fully saturated rings.